The first-order chi connectivity index (χ1) is 11.6. The fourth-order valence-electron chi connectivity index (χ4n) is 2.56. The third kappa shape index (κ3) is 3.75. The number of benzene rings is 1. The van der Waals surface area contributed by atoms with Crippen molar-refractivity contribution in [3.05, 3.63) is 47.9 Å². The van der Waals surface area contributed by atoms with Crippen LogP contribution >= 0.6 is 0 Å². The Balaban J connectivity index is 1.74. The van der Waals surface area contributed by atoms with Gasteiger partial charge in [-0.15, -0.1) is 0 Å². The van der Waals surface area contributed by atoms with Gasteiger partial charge in [0.2, 0.25) is 0 Å². The van der Waals surface area contributed by atoms with E-state index in [0.29, 0.717) is 23.4 Å². The van der Waals surface area contributed by atoms with Gasteiger partial charge in [0.1, 0.15) is 5.69 Å². The van der Waals surface area contributed by atoms with Crippen molar-refractivity contribution in [2.24, 2.45) is 5.73 Å². The highest BCUT2D eigenvalue weighted by Crippen LogP contribution is 2.18. The highest BCUT2D eigenvalue weighted by molar-refractivity contribution is 5.95. The lowest BCUT2D eigenvalue weighted by Gasteiger charge is -2.11. The topological polar surface area (TPSA) is 107 Å². The Morgan fingerprint density at radius 3 is 2.96 bits per heavy atom. The molecule has 7 nitrogen and oxygen atoms in total. The van der Waals surface area contributed by atoms with Crippen LogP contribution in [0, 0.1) is 0 Å². The number of nitrogens with zero attached hydrogens (tertiary/aromatic N) is 2. The second kappa shape index (κ2) is 7.18. The second-order valence-corrected chi connectivity index (χ2v) is 5.58. The first-order valence-electron chi connectivity index (χ1n) is 7.75. The lowest BCUT2D eigenvalue weighted by Crippen LogP contribution is -2.31. The van der Waals surface area contributed by atoms with Crippen LogP contribution in [-0.2, 0) is 4.74 Å². The molecule has 1 saturated heterocycles. The standard InChI is InChI=1S/C17H18N4O3/c18-16(22)15-10-19-9-14(21-15)11-3-1-4-12(7-11)17(23)20-8-13-5-2-6-24-13/h1,3-4,7,9-10,13H,2,5-6,8H2,(H2,18,22)(H,20,23)/t13-/m0/s1. The monoisotopic (exact) mass is 326 g/mol. The number of aromatic nitrogens is 2. The van der Waals surface area contributed by atoms with E-state index in [1.807, 2.05) is 0 Å². The number of hydrogen-bond acceptors (Lipinski definition) is 5. The van der Waals surface area contributed by atoms with Gasteiger partial charge >= 0.3 is 0 Å². The van der Waals surface area contributed by atoms with E-state index >= 15 is 0 Å². The molecule has 0 saturated carbocycles. The second-order valence-electron chi connectivity index (χ2n) is 5.58. The van der Waals surface area contributed by atoms with E-state index in [1.54, 1.807) is 24.3 Å². The maximum absolute atomic E-state index is 12.3. The molecule has 1 atom stereocenters. The van der Waals surface area contributed by atoms with Crippen LogP contribution in [0.4, 0.5) is 0 Å². The predicted molar refractivity (Wildman–Crippen MR) is 87.3 cm³/mol. The zero-order chi connectivity index (χ0) is 16.9. The average Bonchev–Trinajstić information content (AvgIpc) is 3.13. The number of nitrogens with one attached hydrogen (secondary N) is 1. The predicted octanol–water partition coefficient (Wildman–Crippen LogP) is 1.15. The summed E-state index contributed by atoms with van der Waals surface area (Å²) < 4.78 is 5.49. The summed E-state index contributed by atoms with van der Waals surface area (Å²) >= 11 is 0. The number of hydrogen-bond donors (Lipinski definition) is 2. The molecule has 124 valence electrons. The zero-order valence-corrected chi connectivity index (χ0v) is 13.1. The van der Waals surface area contributed by atoms with E-state index in [4.69, 9.17) is 10.5 Å². The van der Waals surface area contributed by atoms with E-state index in [2.05, 4.69) is 15.3 Å². The van der Waals surface area contributed by atoms with Crippen LogP contribution in [0.15, 0.2) is 36.7 Å². The van der Waals surface area contributed by atoms with E-state index in [0.717, 1.165) is 19.4 Å². The Hall–Kier alpha value is -2.80. The summed E-state index contributed by atoms with van der Waals surface area (Å²) in [6.07, 6.45) is 4.93. The summed E-state index contributed by atoms with van der Waals surface area (Å²) in [6, 6.07) is 6.99. The van der Waals surface area contributed by atoms with Gasteiger partial charge in [-0.1, -0.05) is 12.1 Å². The number of nitrogens with two attached hydrogens (primary N) is 1. The Labute approximate surface area is 139 Å². The molecule has 2 aromatic rings. The van der Waals surface area contributed by atoms with Crippen molar-refractivity contribution < 1.29 is 14.3 Å². The Morgan fingerprint density at radius 1 is 1.33 bits per heavy atom. The third-order valence-corrected chi connectivity index (χ3v) is 3.82. The quantitative estimate of drug-likeness (QED) is 0.857. The van der Waals surface area contributed by atoms with E-state index in [-0.39, 0.29) is 17.7 Å². The largest absolute Gasteiger partial charge is 0.376 e. The normalized spacial score (nSPS) is 16.8. The Bertz CT molecular complexity index is 757. The maximum atomic E-state index is 12.3. The first kappa shape index (κ1) is 16.1. The van der Waals surface area contributed by atoms with Crippen LogP contribution in [0.2, 0.25) is 0 Å². The maximum Gasteiger partial charge on any atom is 0.268 e. The SMILES string of the molecule is NC(=O)c1cncc(-c2cccc(C(=O)NC[C@@H]3CCCO3)c2)n1. The van der Waals surface area contributed by atoms with Gasteiger partial charge in [0, 0.05) is 24.3 Å². The molecule has 2 heterocycles. The van der Waals surface area contributed by atoms with Gasteiger partial charge in [-0.25, -0.2) is 4.98 Å². The van der Waals surface area contributed by atoms with Crippen LogP contribution in [0.25, 0.3) is 11.3 Å². The number of amides is 2. The van der Waals surface area contributed by atoms with Crippen molar-refractivity contribution >= 4 is 11.8 Å². The molecule has 1 aromatic carbocycles. The van der Waals surface area contributed by atoms with Crippen LogP contribution in [0.3, 0.4) is 0 Å². The minimum Gasteiger partial charge on any atom is -0.376 e. The molecule has 0 spiro atoms. The molecule has 1 aliphatic heterocycles. The van der Waals surface area contributed by atoms with Crippen molar-refractivity contribution in [2.75, 3.05) is 13.2 Å². The Morgan fingerprint density at radius 2 is 2.21 bits per heavy atom. The van der Waals surface area contributed by atoms with Gasteiger partial charge in [0.25, 0.3) is 11.8 Å². The molecular formula is C17H18N4O3. The highest BCUT2D eigenvalue weighted by Gasteiger charge is 2.17. The fourth-order valence-corrected chi connectivity index (χ4v) is 2.56. The lowest BCUT2D eigenvalue weighted by molar-refractivity contribution is 0.0857. The highest BCUT2D eigenvalue weighted by atomic mass is 16.5. The molecule has 1 aromatic heterocycles. The zero-order valence-electron chi connectivity index (χ0n) is 13.1. The summed E-state index contributed by atoms with van der Waals surface area (Å²) in [5.41, 5.74) is 6.99. The number of carbonyl (C=O) groups is 2. The van der Waals surface area contributed by atoms with Crippen molar-refractivity contribution in [1.29, 1.82) is 0 Å². The summed E-state index contributed by atoms with van der Waals surface area (Å²) in [5, 5.41) is 2.88. The van der Waals surface area contributed by atoms with E-state index in [1.165, 1.54) is 12.4 Å². The van der Waals surface area contributed by atoms with E-state index in [9.17, 15) is 9.59 Å². The number of carbonyl (C=O) groups excluding carboxylic acids is 2. The summed E-state index contributed by atoms with van der Waals surface area (Å²) in [6.45, 7) is 1.25. The minimum absolute atomic E-state index is 0.0840. The molecule has 2 amide bonds. The molecule has 3 N–H and O–H groups in total. The van der Waals surface area contributed by atoms with Gasteiger partial charge in [-0.3, -0.25) is 14.6 Å². The van der Waals surface area contributed by atoms with Gasteiger partial charge in [-0.2, -0.15) is 0 Å². The van der Waals surface area contributed by atoms with Crippen LogP contribution in [0.5, 0.6) is 0 Å². The number of ether oxygens (including phenoxy) is 1. The summed E-state index contributed by atoms with van der Waals surface area (Å²) in [4.78, 5) is 31.6. The van der Waals surface area contributed by atoms with Crippen molar-refractivity contribution in [1.82, 2.24) is 15.3 Å². The summed E-state index contributed by atoms with van der Waals surface area (Å²) in [7, 11) is 0. The van der Waals surface area contributed by atoms with Crippen LogP contribution in [0.1, 0.15) is 33.7 Å². The van der Waals surface area contributed by atoms with Crippen molar-refractivity contribution in [3.8, 4) is 11.3 Å². The fraction of sp³-hybridized carbons (Fsp3) is 0.294. The first-order valence-corrected chi connectivity index (χ1v) is 7.75. The minimum atomic E-state index is -0.644. The summed E-state index contributed by atoms with van der Waals surface area (Å²) in [5.74, 6) is -0.818. The molecule has 1 fully saturated rings. The molecule has 1 aliphatic rings. The van der Waals surface area contributed by atoms with Crippen molar-refractivity contribution in [3.63, 3.8) is 0 Å². The smallest absolute Gasteiger partial charge is 0.268 e. The molecule has 7 heteroatoms. The van der Waals surface area contributed by atoms with E-state index < -0.39 is 5.91 Å². The van der Waals surface area contributed by atoms with Crippen LogP contribution in [-0.4, -0.2) is 41.0 Å². The molecule has 0 bridgehead atoms. The van der Waals surface area contributed by atoms with Gasteiger partial charge in [0.05, 0.1) is 24.2 Å². The van der Waals surface area contributed by atoms with Crippen LogP contribution < -0.4 is 11.1 Å². The number of rotatable bonds is 5. The molecule has 3 rings (SSSR count). The Kier molecular flexibility index (Phi) is 4.81. The van der Waals surface area contributed by atoms with Crippen molar-refractivity contribution in [2.45, 2.75) is 18.9 Å². The van der Waals surface area contributed by atoms with Gasteiger partial charge < -0.3 is 15.8 Å². The molecule has 0 aliphatic carbocycles. The lowest BCUT2D eigenvalue weighted by atomic mass is 10.1. The van der Waals surface area contributed by atoms with Gasteiger partial charge in [-0.05, 0) is 25.0 Å². The third-order valence-electron chi connectivity index (χ3n) is 3.82. The number of primary amides is 1. The molecule has 0 unspecified atom stereocenters. The molecule has 0 radical (unpaired) electrons. The molecule has 24 heavy (non-hydrogen) atoms. The van der Waals surface area contributed by atoms with Gasteiger partial charge in [0.15, 0.2) is 0 Å². The average molecular weight is 326 g/mol. The molecular weight excluding hydrogens is 308 g/mol.